The van der Waals surface area contributed by atoms with Crippen LogP contribution in [0.2, 0.25) is 0 Å². The van der Waals surface area contributed by atoms with Crippen LogP contribution in [0, 0.1) is 16.0 Å². The summed E-state index contributed by atoms with van der Waals surface area (Å²) in [6.45, 7) is 4.27. The fraction of sp³-hybridized carbons (Fsp3) is 0.435. The number of likely N-dealkylation sites (tertiary alicyclic amines) is 1. The maximum atomic E-state index is 12.6. The van der Waals surface area contributed by atoms with Crippen molar-refractivity contribution in [1.82, 2.24) is 9.62 Å². The lowest BCUT2D eigenvalue weighted by Crippen LogP contribution is -2.51. The number of rotatable bonds is 9. The predicted molar refractivity (Wildman–Crippen MR) is 126 cm³/mol. The minimum Gasteiger partial charge on any atom is -0.379 e. The summed E-state index contributed by atoms with van der Waals surface area (Å²) in [4.78, 5) is 25.3. The molecule has 1 amide bonds. The number of amides is 1. The minimum atomic E-state index is -4.27. The van der Waals surface area contributed by atoms with Crippen LogP contribution in [0.15, 0.2) is 53.4 Å². The van der Waals surface area contributed by atoms with Gasteiger partial charge in [-0.2, -0.15) is 0 Å². The van der Waals surface area contributed by atoms with Gasteiger partial charge in [-0.15, -0.1) is 0 Å². The summed E-state index contributed by atoms with van der Waals surface area (Å²) >= 11 is 0. The summed E-state index contributed by atoms with van der Waals surface area (Å²) < 4.78 is 32.5. The van der Waals surface area contributed by atoms with Crippen molar-refractivity contribution >= 4 is 27.3 Å². The monoisotopic (exact) mass is 488 g/mol. The third-order valence-corrected chi connectivity index (χ3v) is 7.72. The molecule has 0 unspecified atom stereocenters. The Bertz CT molecular complexity index is 1130. The van der Waals surface area contributed by atoms with Gasteiger partial charge >= 0.3 is 0 Å². The zero-order chi connectivity index (χ0) is 24.1. The number of nitro benzene ring substituents is 1. The van der Waals surface area contributed by atoms with E-state index in [2.05, 4.69) is 10.2 Å². The molecule has 34 heavy (non-hydrogen) atoms. The summed E-state index contributed by atoms with van der Waals surface area (Å²) in [5.74, 6) is -0.266. The van der Waals surface area contributed by atoms with E-state index >= 15 is 0 Å². The Morgan fingerprint density at radius 1 is 1.12 bits per heavy atom. The van der Waals surface area contributed by atoms with Crippen LogP contribution in [0.3, 0.4) is 0 Å². The summed E-state index contributed by atoms with van der Waals surface area (Å²) in [5, 5.41) is 14.7. The summed E-state index contributed by atoms with van der Waals surface area (Å²) in [5.41, 5.74) is 0.0722. The molecule has 0 spiro atoms. The van der Waals surface area contributed by atoms with E-state index in [4.69, 9.17) is 4.74 Å². The first-order valence-electron chi connectivity index (χ1n) is 11.3. The van der Waals surface area contributed by atoms with Gasteiger partial charge < -0.3 is 10.1 Å². The first-order valence-corrected chi connectivity index (χ1v) is 12.8. The third-order valence-electron chi connectivity index (χ3n) is 6.39. The van der Waals surface area contributed by atoms with E-state index in [9.17, 15) is 23.3 Å². The Labute approximate surface area is 198 Å². The zero-order valence-corrected chi connectivity index (χ0v) is 19.5. The van der Waals surface area contributed by atoms with E-state index < -0.39 is 20.9 Å². The van der Waals surface area contributed by atoms with E-state index in [-0.39, 0.29) is 21.8 Å². The lowest BCUT2D eigenvalue weighted by molar-refractivity contribution is -0.384. The van der Waals surface area contributed by atoms with Crippen molar-refractivity contribution in [3.63, 3.8) is 0 Å². The SMILES string of the molecule is O=C(NS(=O)(=O)c1ccc(NCCC2CCN(C3COC3)CC2)c([N+](=O)[O-])c1)c1ccccc1. The maximum absolute atomic E-state index is 12.6. The van der Waals surface area contributed by atoms with Crippen LogP contribution in [0.4, 0.5) is 11.4 Å². The van der Waals surface area contributed by atoms with Crippen LogP contribution in [-0.4, -0.2) is 63.0 Å². The number of anilines is 1. The second-order valence-electron chi connectivity index (χ2n) is 8.62. The Kier molecular flexibility index (Phi) is 7.44. The molecule has 0 bridgehead atoms. The Morgan fingerprint density at radius 2 is 1.82 bits per heavy atom. The Morgan fingerprint density at radius 3 is 2.44 bits per heavy atom. The van der Waals surface area contributed by atoms with Crippen molar-refractivity contribution in [1.29, 1.82) is 0 Å². The summed E-state index contributed by atoms with van der Waals surface area (Å²) in [7, 11) is -4.27. The number of nitro groups is 1. The Balaban J connectivity index is 1.35. The number of nitrogens with zero attached hydrogens (tertiary/aromatic N) is 2. The molecule has 2 aliphatic rings. The van der Waals surface area contributed by atoms with Crippen molar-refractivity contribution in [2.24, 2.45) is 5.92 Å². The molecule has 2 aromatic carbocycles. The average molecular weight is 489 g/mol. The second kappa shape index (κ2) is 10.5. The van der Waals surface area contributed by atoms with E-state index in [1.54, 1.807) is 18.2 Å². The Hall–Kier alpha value is -3.02. The van der Waals surface area contributed by atoms with Crippen molar-refractivity contribution in [2.75, 3.05) is 38.2 Å². The predicted octanol–water partition coefficient (Wildman–Crippen LogP) is 2.63. The number of piperidine rings is 1. The van der Waals surface area contributed by atoms with Gasteiger partial charge in [-0.25, -0.2) is 13.1 Å². The lowest BCUT2D eigenvalue weighted by Gasteiger charge is -2.41. The third kappa shape index (κ3) is 5.72. The van der Waals surface area contributed by atoms with Crippen LogP contribution >= 0.6 is 0 Å². The van der Waals surface area contributed by atoms with Crippen molar-refractivity contribution < 1.29 is 22.9 Å². The van der Waals surface area contributed by atoms with E-state index in [1.807, 2.05) is 4.72 Å². The van der Waals surface area contributed by atoms with Gasteiger partial charge in [0.1, 0.15) is 5.69 Å². The van der Waals surface area contributed by atoms with Gasteiger partial charge in [-0.3, -0.25) is 19.8 Å². The normalized spacial score (nSPS) is 17.6. The fourth-order valence-corrected chi connectivity index (χ4v) is 5.25. The van der Waals surface area contributed by atoms with Crippen molar-refractivity contribution in [3.05, 3.63) is 64.2 Å². The van der Waals surface area contributed by atoms with E-state index in [0.717, 1.165) is 51.6 Å². The highest BCUT2D eigenvalue weighted by Crippen LogP contribution is 2.29. The van der Waals surface area contributed by atoms with Crippen molar-refractivity contribution in [3.8, 4) is 0 Å². The van der Waals surface area contributed by atoms with Crippen LogP contribution < -0.4 is 10.0 Å². The maximum Gasteiger partial charge on any atom is 0.293 e. The van der Waals surface area contributed by atoms with Gasteiger partial charge in [0, 0.05) is 18.2 Å². The molecule has 4 rings (SSSR count). The largest absolute Gasteiger partial charge is 0.379 e. The molecule has 0 saturated carbocycles. The average Bonchev–Trinajstić information content (AvgIpc) is 2.79. The molecule has 2 fully saturated rings. The quantitative estimate of drug-likeness (QED) is 0.407. The van der Waals surface area contributed by atoms with E-state index in [1.165, 1.54) is 24.3 Å². The second-order valence-corrected chi connectivity index (χ2v) is 10.3. The molecule has 2 aromatic rings. The molecule has 0 aliphatic carbocycles. The van der Waals surface area contributed by atoms with Gasteiger partial charge in [-0.05, 0) is 62.5 Å². The number of carbonyl (C=O) groups excluding carboxylic acids is 1. The highest BCUT2D eigenvalue weighted by Gasteiger charge is 2.29. The molecule has 182 valence electrons. The molecule has 2 saturated heterocycles. The number of carbonyl (C=O) groups is 1. The molecule has 2 heterocycles. The molecule has 2 aliphatic heterocycles. The van der Waals surface area contributed by atoms with Crippen molar-refractivity contribution in [2.45, 2.75) is 30.2 Å². The molecule has 2 N–H and O–H groups in total. The lowest BCUT2D eigenvalue weighted by atomic mass is 9.92. The molecule has 0 aromatic heterocycles. The van der Waals surface area contributed by atoms with Crippen LogP contribution in [-0.2, 0) is 14.8 Å². The first-order chi connectivity index (χ1) is 16.3. The van der Waals surface area contributed by atoms with Crippen LogP contribution in [0.1, 0.15) is 29.6 Å². The number of sulfonamides is 1. The van der Waals surface area contributed by atoms with Crippen LogP contribution in [0.5, 0.6) is 0 Å². The van der Waals surface area contributed by atoms with Gasteiger partial charge in [0.2, 0.25) is 0 Å². The highest BCUT2D eigenvalue weighted by atomic mass is 32.2. The molecular formula is C23H28N4O6S. The standard InChI is InChI=1S/C23H28N4O6S/c28-23(18-4-2-1-3-5-18)25-34(31,32)20-6-7-21(22(14-20)27(29)30)24-11-8-17-9-12-26(13-10-17)19-15-33-16-19/h1-7,14,17,19,24H,8-13,15-16H2,(H,25,28). The molecule has 10 nitrogen and oxygen atoms in total. The number of hydrogen-bond donors (Lipinski definition) is 2. The molecule has 0 radical (unpaired) electrons. The smallest absolute Gasteiger partial charge is 0.293 e. The van der Waals surface area contributed by atoms with Crippen LogP contribution in [0.25, 0.3) is 0 Å². The number of ether oxygens (including phenoxy) is 1. The van der Waals surface area contributed by atoms with Gasteiger partial charge in [0.15, 0.2) is 0 Å². The number of hydrogen-bond acceptors (Lipinski definition) is 8. The molecule has 0 atom stereocenters. The summed E-state index contributed by atoms with van der Waals surface area (Å²) in [6, 6.07) is 12.0. The highest BCUT2D eigenvalue weighted by molar-refractivity contribution is 7.90. The molecular weight excluding hydrogens is 460 g/mol. The fourth-order valence-electron chi connectivity index (χ4n) is 4.26. The van der Waals surface area contributed by atoms with E-state index in [0.29, 0.717) is 18.5 Å². The molecule has 11 heteroatoms. The first kappa shape index (κ1) is 24.1. The van der Waals surface area contributed by atoms with Gasteiger partial charge in [0.05, 0.1) is 29.1 Å². The minimum absolute atomic E-state index is 0.172. The number of nitrogens with one attached hydrogen (secondary N) is 2. The summed E-state index contributed by atoms with van der Waals surface area (Å²) in [6.07, 6.45) is 3.04. The van der Waals surface area contributed by atoms with Gasteiger partial charge in [0.25, 0.3) is 21.6 Å². The number of benzene rings is 2. The topological polar surface area (TPSA) is 131 Å². The van der Waals surface area contributed by atoms with Gasteiger partial charge in [-0.1, -0.05) is 18.2 Å². The zero-order valence-electron chi connectivity index (χ0n) is 18.7.